The number of nitrogens with one attached hydrogen (secondary N) is 1. The zero-order valence-electron chi connectivity index (χ0n) is 10.2. The zero-order chi connectivity index (χ0) is 13.1. The number of rotatable bonds is 4. The van der Waals surface area contributed by atoms with Gasteiger partial charge in [-0.05, 0) is 37.8 Å². The highest BCUT2D eigenvalue weighted by Gasteiger charge is 2.37. The van der Waals surface area contributed by atoms with Gasteiger partial charge in [-0.25, -0.2) is 4.98 Å². The van der Waals surface area contributed by atoms with E-state index in [1.165, 1.54) is 0 Å². The molecular weight excluding hydrogens is 232 g/mol. The second-order valence-corrected chi connectivity index (χ2v) is 4.70. The van der Waals surface area contributed by atoms with Gasteiger partial charge in [-0.3, -0.25) is 9.59 Å². The van der Waals surface area contributed by atoms with Crippen molar-refractivity contribution in [3.63, 3.8) is 0 Å². The van der Waals surface area contributed by atoms with E-state index in [1.54, 1.807) is 6.07 Å². The highest BCUT2D eigenvalue weighted by atomic mass is 16.4. The molecule has 5 nitrogen and oxygen atoms in total. The largest absolute Gasteiger partial charge is 0.481 e. The maximum atomic E-state index is 11.8. The van der Waals surface area contributed by atoms with Gasteiger partial charge in [0.1, 0.15) is 5.82 Å². The Balaban J connectivity index is 1.88. The first kappa shape index (κ1) is 12.5. The molecule has 1 heterocycles. The average molecular weight is 248 g/mol. The fourth-order valence-corrected chi connectivity index (χ4v) is 2.18. The second kappa shape index (κ2) is 5.16. The Morgan fingerprint density at radius 1 is 1.44 bits per heavy atom. The molecule has 1 aliphatic carbocycles. The first-order valence-electron chi connectivity index (χ1n) is 6.02. The van der Waals surface area contributed by atoms with Crippen molar-refractivity contribution in [2.75, 3.05) is 5.32 Å². The lowest BCUT2D eigenvalue weighted by Crippen LogP contribution is -2.35. The lowest BCUT2D eigenvalue weighted by atomic mass is 9.72. The van der Waals surface area contributed by atoms with Crippen molar-refractivity contribution in [2.24, 2.45) is 11.8 Å². The lowest BCUT2D eigenvalue weighted by Gasteiger charge is -2.32. The summed E-state index contributed by atoms with van der Waals surface area (Å²) in [5.74, 6) is -0.837. The predicted molar refractivity (Wildman–Crippen MR) is 66.1 cm³/mol. The summed E-state index contributed by atoms with van der Waals surface area (Å²) in [5, 5.41) is 11.6. The average Bonchev–Trinajstić information content (AvgIpc) is 2.23. The van der Waals surface area contributed by atoms with Gasteiger partial charge in [0, 0.05) is 12.1 Å². The Hall–Kier alpha value is -1.91. The monoisotopic (exact) mass is 248 g/mol. The fourth-order valence-electron chi connectivity index (χ4n) is 2.18. The molecule has 2 atom stereocenters. The third kappa shape index (κ3) is 2.85. The molecule has 18 heavy (non-hydrogen) atoms. The number of aromatic nitrogens is 1. The van der Waals surface area contributed by atoms with E-state index in [-0.39, 0.29) is 24.2 Å². The van der Waals surface area contributed by atoms with Gasteiger partial charge < -0.3 is 10.4 Å². The minimum absolute atomic E-state index is 0.0349. The number of aryl methyl sites for hydroxylation is 1. The number of carboxylic acids is 1. The molecule has 0 saturated heterocycles. The number of nitrogens with zero attached hydrogens (tertiary/aromatic N) is 1. The van der Waals surface area contributed by atoms with E-state index in [4.69, 9.17) is 5.11 Å². The minimum Gasteiger partial charge on any atom is -0.481 e. The van der Waals surface area contributed by atoms with Crippen LogP contribution in [0.15, 0.2) is 18.2 Å². The predicted octanol–water partition coefficient (Wildman–Crippen LogP) is 1.83. The molecule has 2 rings (SSSR count). The van der Waals surface area contributed by atoms with Gasteiger partial charge >= 0.3 is 5.97 Å². The molecule has 1 aromatic rings. The van der Waals surface area contributed by atoms with Crippen LogP contribution in [0.2, 0.25) is 0 Å². The number of carbonyl (C=O) groups is 2. The Labute approximate surface area is 105 Å². The number of hydrogen-bond acceptors (Lipinski definition) is 3. The standard InChI is InChI=1S/C13H16N2O3/c1-8-3-2-4-11(14-8)15-12(16)7-9-5-6-10(9)13(17)18/h2-4,9-10H,5-7H2,1H3,(H,17,18)(H,14,15,16)/t9-,10-/m0/s1. The van der Waals surface area contributed by atoms with Gasteiger partial charge in [0.25, 0.3) is 0 Å². The van der Waals surface area contributed by atoms with Gasteiger partial charge in [-0.1, -0.05) is 6.07 Å². The Bertz CT molecular complexity index is 473. The molecule has 0 spiro atoms. The van der Waals surface area contributed by atoms with E-state index in [9.17, 15) is 9.59 Å². The van der Waals surface area contributed by atoms with Crippen molar-refractivity contribution in [1.82, 2.24) is 4.98 Å². The molecule has 1 fully saturated rings. The molecule has 0 aliphatic heterocycles. The molecule has 2 N–H and O–H groups in total. The van der Waals surface area contributed by atoms with Crippen molar-refractivity contribution in [1.29, 1.82) is 0 Å². The van der Waals surface area contributed by atoms with Crippen LogP contribution in [0.4, 0.5) is 5.82 Å². The van der Waals surface area contributed by atoms with Crippen LogP contribution in [0.1, 0.15) is 25.0 Å². The van der Waals surface area contributed by atoms with Crippen LogP contribution < -0.4 is 5.32 Å². The van der Waals surface area contributed by atoms with Crippen molar-refractivity contribution in [3.05, 3.63) is 23.9 Å². The van der Waals surface area contributed by atoms with E-state index in [0.717, 1.165) is 12.1 Å². The molecule has 1 amide bonds. The summed E-state index contributed by atoms with van der Waals surface area (Å²) in [6.07, 6.45) is 1.74. The summed E-state index contributed by atoms with van der Waals surface area (Å²) in [5.41, 5.74) is 0.833. The minimum atomic E-state index is -0.798. The fraction of sp³-hybridized carbons (Fsp3) is 0.462. The van der Waals surface area contributed by atoms with E-state index in [1.807, 2.05) is 19.1 Å². The molecule has 0 bridgehead atoms. The van der Waals surface area contributed by atoms with Crippen molar-refractivity contribution in [3.8, 4) is 0 Å². The van der Waals surface area contributed by atoms with Crippen LogP contribution >= 0.6 is 0 Å². The summed E-state index contributed by atoms with van der Waals surface area (Å²) in [6.45, 7) is 1.85. The molecule has 0 radical (unpaired) electrons. The zero-order valence-corrected chi connectivity index (χ0v) is 10.2. The van der Waals surface area contributed by atoms with Gasteiger partial charge in [-0.2, -0.15) is 0 Å². The molecular formula is C13H16N2O3. The molecule has 0 unspecified atom stereocenters. The summed E-state index contributed by atoms with van der Waals surface area (Å²) in [4.78, 5) is 26.8. The summed E-state index contributed by atoms with van der Waals surface area (Å²) < 4.78 is 0. The molecule has 1 aliphatic rings. The highest BCUT2D eigenvalue weighted by Crippen LogP contribution is 2.36. The number of carboxylic acid groups (broad SMARTS) is 1. The van der Waals surface area contributed by atoms with Crippen LogP contribution in [-0.2, 0) is 9.59 Å². The third-order valence-corrected chi connectivity index (χ3v) is 3.34. The second-order valence-electron chi connectivity index (χ2n) is 4.70. The van der Waals surface area contributed by atoms with Crippen molar-refractivity contribution in [2.45, 2.75) is 26.2 Å². The van der Waals surface area contributed by atoms with Crippen LogP contribution in [0.5, 0.6) is 0 Å². The number of hydrogen-bond donors (Lipinski definition) is 2. The normalized spacial score (nSPS) is 22.1. The SMILES string of the molecule is Cc1cccc(NC(=O)C[C@@H]2CC[C@@H]2C(=O)O)n1. The Morgan fingerprint density at radius 3 is 2.78 bits per heavy atom. The number of amides is 1. The Kier molecular flexibility index (Phi) is 3.60. The third-order valence-electron chi connectivity index (χ3n) is 3.34. The molecule has 1 aromatic heterocycles. The molecule has 1 saturated carbocycles. The van der Waals surface area contributed by atoms with Crippen molar-refractivity contribution >= 4 is 17.7 Å². The number of aliphatic carboxylic acids is 1. The smallest absolute Gasteiger partial charge is 0.306 e. The van der Waals surface area contributed by atoms with E-state index < -0.39 is 5.97 Å². The van der Waals surface area contributed by atoms with Crippen LogP contribution in [-0.4, -0.2) is 22.0 Å². The highest BCUT2D eigenvalue weighted by molar-refractivity contribution is 5.90. The lowest BCUT2D eigenvalue weighted by molar-refractivity contribution is -0.148. The van der Waals surface area contributed by atoms with Gasteiger partial charge in [-0.15, -0.1) is 0 Å². The van der Waals surface area contributed by atoms with Gasteiger partial charge in [0.05, 0.1) is 5.92 Å². The van der Waals surface area contributed by atoms with E-state index >= 15 is 0 Å². The summed E-state index contributed by atoms with van der Waals surface area (Å²) in [6, 6.07) is 5.39. The molecule has 0 aromatic carbocycles. The summed E-state index contributed by atoms with van der Waals surface area (Å²) in [7, 11) is 0. The van der Waals surface area contributed by atoms with E-state index in [2.05, 4.69) is 10.3 Å². The van der Waals surface area contributed by atoms with Crippen LogP contribution in [0.3, 0.4) is 0 Å². The number of carbonyl (C=O) groups excluding carboxylic acids is 1. The maximum absolute atomic E-state index is 11.8. The van der Waals surface area contributed by atoms with Gasteiger partial charge in [0.15, 0.2) is 0 Å². The molecule has 96 valence electrons. The van der Waals surface area contributed by atoms with E-state index in [0.29, 0.717) is 12.2 Å². The van der Waals surface area contributed by atoms with Gasteiger partial charge in [0.2, 0.25) is 5.91 Å². The maximum Gasteiger partial charge on any atom is 0.306 e. The van der Waals surface area contributed by atoms with Crippen molar-refractivity contribution < 1.29 is 14.7 Å². The summed E-state index contributed by atoms with van der Waals surface area (Å²) >= 11 is 0. The first-order chi connectivity index (χ1) is 8.56. The first-order valence-corrected chi connectivity index (χ1v) is 6.02. The topological polar surface area (TPSA) is 79.3 Å². The van der Waals surface area contributed by atoms with Crippen LogP contribution in [0.25, 0.3) is 0 Å². The van der Waals surface area contributed by atoms with Crippen LogP contribution in [0, 0.1) is 18.8 Å². The number of anilines is 1. The number of pyridine rings is 1. The molecule has 5 heteroatoms. The Morgan fingerprint density at radius 2 is 2.22 bits per heavy atom. The quantitative estimate of drug-likeness (QED) is 0.852.